The molecule has 1 saturated heterocycles. The molecule has 2 aliphatic rings. The highest BCUT2D eigenvalue weighted by atomic mass is 19.1. The van der Waals surface area contributed by atoms with Crippen molar-refractivity contribution in [3.8, 4) is 5.69 Å². The van der Waals surface area contributed by atoms with E-state index in [1.54, 1.807) is 12.1 Å². The molecule has 1 atom stereocenters. The number of nitrogens with zero attached hydrogens (tertiary/aromatic N) is 2. The zero-order chi connectivity index (χ0) is 20.4. The van der Waals surface area contributed by atoms with Gasteiger partial charge in [-0.3, -0.25) is 0 Å². The summed E-state index contributed by atoms with van der Waals surface area (Å²) in [6.07, 6.45) is 14.0. The Labute approximate surface area is 171 Å². The van der Waals surface area contributed by atoms with Gasteiger partial charge in [-0.25, -0.2) is 9.07 Å². The molecule has 1 aliphatic carbocycles. The van der Waals surface area contributed by atoms with Gasteiger partial charge in [-0.2, -0.15) is 5.10 Å². The molecule has 1 N–H and O–H groups in total. The predicted molar refractivity (Wildman–Crippen MR) is 117 cm³/mol. The van der Waals surface area contributed by atoms with Crippen molar-refractivity contribution in [2.75, 3.05) is 13.1 Å². The first kappa shape index (κ1) is 19.3. The maximum atomic E-state index is 13.3. The first-order valence-corrected chi connectivity index (χ1v) is 9.98. The quantitative estimate of drug-likeness (QED) is 0.717. The molecule has 1 unspecified atom stereocenters. The lowest BCUT2D eigenvalue weighted by Crippen LogP contribution is -2.46. The van der Waals surface area contributed by atoms with Crippen LogP contribution in [0.1, 0.15) is 24.6 Å². The van der Waals surface area contributed by atoms with Gasteiger partial charge < -0.3 is 5.32 Å². The molecule has 1 aliphatic heterocycles. The van der Waals surface area contributed by atoms with Gasteiger partial charge in [0.25, 0.3) is 0 Å². The fourth-order valence-electron chi connectivity index (χ4n) is 4.32. The van der Waals surface area contributed by atoms with Crippen LogP contribution in [0.3, 0.4) is 0 Å². The molecule has 4 heteroatoms. The third-order valence-corrected chi connectivity index (χ3v) is 5.94. The number of aromatic nitrogens is 2. The zero-order valence-electron chi connectivity index (χ0n) is 16.8. The summed E-state index contributed by atoms with van der Waals surface area (Å²) in [5.41, 5.74) is 6.30. The molecule has 1 fully saturated rings. The number of rotatable bonds is 5. The Morgan fingerprint density at radius 2 is 2.03 bits per heavy atom. The second-order valence-electron chi connectivity index (χ2n) is 7.69. The van der Waals surface area contributed by atoms with Gasteiger partial charge in [0.1, 0.15) is 5.82 Å². The van der Waals surface area contributed by atoms with Crippen LogP contribution >= 0.6 is 0 Å². The molecule has 2 aromatic rings. The fourth-order valence-corrected chi connectivity index (χ4v) is 4.32. The molecule has 29 heavy (non-hydrogen) atoms. The minimum Gasteiger partial charge on any atom is -0.315 e. The Morgan fingerprint density at radius 3 is 2.79 bits per heavy atom. The summed E-state index contributed by atoms with van der Waals surface area (Å²) in [5, 5.41) is 8.16. The summed E-state index contributed by atoms with van der Waals surface area (Å²) >= 11 is 0. The predicted octanol–water partition coefficient (Wildman–Crippen LogP) is 5.18. The van der Waals surface area contributed by atoms with E-state index < -0.39 is 0 Å². The smallest absolute Gasteiger partial charge is 0.123 e. The summed E-state index contributed by atoms with van der Waals surface area (Å²) in [6, 6.07) is 6.46. The van der Waals surface area contributed by atoms with Gasteiger partial charge in [-0.15, -0.1) is 0 Å². The van der Waals surface area contributed by atoms with E-state index in [4.69, 9.17) is 0 Å². The maximum absolute atomic E-state index is 13.3. The lowest BCUT2D eigenvalue weighted by atomic mass is 9.63. The molecular weight excluding hydrogens is 361 g/mol. The molecular formula is C25H26FN3. The second-order valence-corrected chi connectivity index (χ2v) is 7.69. The number of hydrogen-bond acceptors (Lipinski definition) is 2. The van der Waals surface area contributed by atoms with Crippen molar-refractivity contribution in [3.63, 3.8) is 0 Å². The van der Waals surface area contributed by atoms with Crippen LogP contribution in [0.15, 0.2) is 84.6 Å². The molecule has 0 bridgehead atoms. The van der Waals surface area contributed by atoms with E-state index in [9.17, 15) is 4.39 Å². The van der Waals surface area contributed by atoms with Crippen LogP contribution in [-0.4, -0.2) is 22.9 Å². The van der Waals surface area contributed by atoms with Gasteiger partial charge in [0, 0.05) is 12.0 Å². The molecule has 1 aromatic heterocycles. The second kappa shape index (κ2) is 7.80. The highest BCUT2D eigenvalue weighted by Gasteiger charge is 2.43. The van der Waals surface area contributed by atoms with Crippen LogP contribution in [0.4, 0.5) is 4.39 Å². The summed E-state index contributed by atoms with van der Waals surface area (Å²) in [6.45, 7) is 12.5. The van der Waals surface area contributed by atoms with Crippen molar-refractivity contribution in [3.05, 3.63) is 102 Å². The lowest BCUT2D eigenvalue weighted by molar-refractivity contribution is 0.349. The number of allylic oxidation sites excluding steroid dienone is 5. The van der Waals surface area contributed by atoms with Gasteiger partial charge in [0.2, 0.25) is 0 Å². The number of halogens is 1. The normalized spacial score (nSPS) is 21.1. The molecule has 4 rings (SSSR count). The van der Waals surface area contributed by atoms with Gasteiger partial charge in [0.15, 0.2) is 0 Å². The number of fused-ring (bicyclic) bond motifs is 2. The van der Waals surface area contributed by atoms with E-state index in [1.165, 1.54) is 23.3 Å². The lowest BCUT2D eigenvalue weighted by Gasteiger charge is -2.44. The standard InChI is InChI=1S/C25H26FN3/c1-4-5-6-7-18(2)19(3)25-15-20-16-28-29(23-10-8-22(26)9-11-23)24(20)14-21(25)12-13-27-17-25/h4-11,14,16,27H,2-3,12-13,15,17H2,1H3/b5-4-,7-6-. The maximum Gasteiger partial charge on any atom is 0.123 e. The molecule has 0 spiro atoms. The highest BCUT2D eigenvalue weighted by molar-refractivity contribution is 5.65. The van der Waals surface area contributed by atoms with E-state index in [0.717, 1.165) is 48.5 Å². The average Bonchev–Trinajstić information content (AvgIpc) is 3.14. The molecule has 1 aromatic carbocycles. The Morgan fingerprint density at radius 1 is 1.24 bits per heavy atom. The molecule has 2 heterocycles. The molecule has 0 amide bonds. The van der Waals surface area contributed by atoms with Crippen molar-refractivity contribution in [1.29, 1.82) is 0 Å². The summed E-state index contributed by atoms with van der Waals surface area (Å²) < 4.78 is 15.2. The summed E-state index contributed by atoms with van der Waals surface area (Å²) in [7, 11) is 0. The van der Waals surface area contributed by atoms with Crippen molar-refractivity contribution in [1.82, 2.24) is 15.1 Å². The molecule has 148 valence electrons. The number of nitrogens with one attached hydrogen (secondary N) is 1. The summed E-state index contributed by atoms with van der Waals surface area (Å²) in [5.74, 6) is -0.244. The van der Waals surface area contributed by atoms with Gasteiger partial charge in [-0.1, -0.05) is 43.0 Å². The summed E-state index contributed by atoms with van der Waals surface area (Å²) in [4.78, 5) is 0. The molecule has 3 nitrogen and oxygen atoms in total. The highest BCUT2D eigenvalue weighted by Crippen LogP contribution is 2.48. The first-order chi connectivity index (χ1) is 14.0. The van der Waals surface area contributed by atoms with Crippen molar-refractivity contribution >= 4 is 6.08 Å². The Balaban J connectivity index is 1.73. The van der Waals surface area contributed by atoms with E-state index in [2.05, 4.69) is 29.6 Å². The molecule has 0 radical (unpaired) electrons. The topological polar surface area (TPSA) is 29.9 Å². The average molecular weight is 388 g/mol. The first-order valence-electron chi connectivity index (χ1n) is 9.98. The van der Waals surface area contributed by atoms with Crippen LogP contribution in [0, 0.1) is 11.2 Å². The van der Waals surface area contributed by atoms with E-state index >= 15 is 0 Å². The largest absolute Gasteiger partial charge is 0.315 e. The number of hydrogen-bond donors (Lipinski definition) is 1. The third kappa shape index (κ3) is 3.45. The number of benzene rings is 1. The zero-order valence-corrected chi connectivity index (χ0v) is 16.8. The SMILES string of the molecule is C=C(/C=C\C=C/C)C(=C)C12CNCCC1=Cc1c(cnn1-c1ccc(F)cc1)C2. The minimum absolute atomic E-state index is 0.181. The van der Waals surface area contributed by atoms with E-state index in [-0.39, 0.29) is 11.2 Å². The minimum atomic E-state index is -0.244. The van der Waals surface area contributed by atoms with Crippen LogP contribution in [0.25, 0.3) is 11.8 Å². The van der Waals surface area contributed by atoms with Crippen LogP contribution in [-0.2, 0) is 6.42 Å². The van der Waals surface area contributed by atoms with Crippen molar-refractivity contribution < 1.29 is 4.39 Å². The van der Waals surface area contributed by atoms with Crippen LogP contribution in [0.2, 0.25) is 0 Å². The van der Waals surface area contributed by atoms with Gasteiger partial charge in [-0.05, 0) is 73.4 Å². The monoisotopic (exact) mass is 387 g/mol. The van der Waals surface area contributed by atoms with Gasteiger partial charge >= 0.3 is 0 Å². The van der Waals surface area contributed by atoms with E-state index in [1.807, 2.05) is 42.1 Å². The number of piperidine rings is 1. The van der Waals surface area contributed by atoms with E-state index in [0.29, 0.717) is 0 Å². The van der Waals surface area contributed by atoms with Crippen LogP contribution < -0.4 is 5.32 Å². The molecule has 0 saturated carbocycles. The Bertz CT molecular complexity index is 1040. The Hall–Kier alpha value is -2.98. The third-order valence-electron chi connectivity index (χ3n) is 5.94. The van der Waals surface area contributed by atoms with Crippen molar-refractivity contribution in [2.24, 2.45) is 5.41 Å². The van der Waals surface area contributed by atoms with Gasteiger partial charge in [0.05, 0.1) is 17.6 Å². The van der Waals surface area contributed by atoms with Crippen LogP contribution in [0.5, 0.6) is 0 Å². The fraction of sp³-hybridized carbons (Fsp3) is 0.240. The van der Waals surface area contributed by atoms with Crippen molar-refractivity contribution in [2.45, 2.75) is 19.8 Å². The Kier molecular flexibility index (Phi) is 5.20.